The van der Waals surface area contributed by atoms with Crippen molar-refractivity contribution in [2.24, 2.45) is 5.41 Å². The number of rotatable bonds is 9. The van der Waals surface area contributed by atoms with Gasteiger partial charge >= 0.3 is 0 Å². The van der Waals surface area contributed by atoms with E-state index in [1.165, 1.54) is 64.2 Å². The van der Waals surface area contributed by atoms with E-state index < -0.39 is 0 Å². The molecule has 18 heavy (non-hydrogen) atoms. The van der Waals surface area contributed by atoms with Crippen LogP contribution in [0.25, 0.3) is 0 Å². The quantitative estimate of drug-likeness (QED) is 0.655. The van der Waals surface area contributed by atoms with Gasteiger partial charge in [0.2, 0.25) is 0 Å². The average Bonchev–Trinajstić information content (AvgIpc) is 2.43. The van der Waals surface area contributed by atoms with E-state index in [1.54, 1.807) is 0 Å². The highest BCUT2D eigenvalue weighted by Gasteiger charge is 2.31. The third-order valence-corrected chi connectivity index (χ3v) is 4.56. The summed E-state index contributed by atoms with van der Waals surface area (Å²) in [7, 11) is 0. The zero-order valence-electron chi connectivity index (χ0n) is 12.5. The molecule has 2 N–H and O–H groups in total. The fourth-order valence-corrected chi connectivity index (χ4v) is 3.20. The van der Waals surface area contributed by atoms with Gasteiger partial charge in [0, 0.05) is 24.6 Å². The topological polar surface area (TPSA) is 32.3 Å². The molecular weight excluding hydrogens is 222 g/mol. The van der Waals surface area contributed by atoms with Gasteiger partial charge in [-0.15, -0.1) is 0 Å². The van der Waals surface area contributed by atoms with Gasteiger partial charge in [0.15, 0.2) is 0 Å². The summed E-state index contributed by atoms with van der Waals surface area (Å²) < 4.78 is 0. The largest absolute Gasteiger partial charge is 0.396 e. The molecule has 1 rings (SSSR count). The summed E-state index contributed by atoms with van der Waals surface area (Å²) in [6.07, 6.45) is 12.8. The minimum Gasteiger partial charge on any atom is -0.396 e. The van der Waals surface area contributed by atoms with Crippen LogP contribution in [0.15, 0.2) is 0 Å². The third kappa shape index (κ3) is 5.27. The van der Waals surface area contributed by atoms with E-state index in [-0.39, 0.29) is 5.41 Å². The van der Waals surface area contributed by atoms with Crippen molar-refractivity contribution in [3.63, 3.8) is 0 Å². The number of hydrogen-bond acceptors (Lipinski definition) is 2. The predicted molar refractivity (Wildman–Crippen MR) is 78.8 cm³/mol. The van der Waals surface area contributed by atoms with Crippen LogP contribution >= 0.6 is 0 Å². The first-order valence-electron chi connectivity index (χ1n) is 8.10. The van der Waals surface area contributed by atoms with Crippen molar-refractivity contribution >= 4 is 0 Å². The smallest absolute Gasteiger partial charge is 0.0499 e. The van der Waals surface area contributed by atoms with Crippen LogP contribution in [0.4, 0.5) is 0 Å². The Labute approximate surface area is 114 Å². The zero-order chi connectivity index (χ0) is 13.3. The van der Waals surface area contributed by atoms with Gasteiger partial charge in [0.25, 0.3) is 0 Å². The first-order chi connectivity index (χ1) is 8.76. The molecular formula is C16H33NO. The van der Waals surface area contributed by atoms with Crippen LogP contribution in [-0.4, -0.2) is 24.3 Å². The van der Waals surface area contributed by atoms with E-state index in [9.17, 15) is 5.11 Å². The van der Waals surface area contributed by atoms with Gasteiger partial charge in [0.05, 0.1) is 0 Å². The van der Waals surface area contributed by atoms with E-state index in [2.05, 4.69) is 19.2 Å². The van der Waals surface area contributed by atoms with E-state index in [4.69, 9.17) is 0 Å². The molecule has 2 nitrogen and oxygen atoms in total. The predicted octanol–water partition coefficient (Wildman–Crippen LogP) is 3.88. The second-order valence-electron chi connectivity index (χ2n) is 6.23. The van der Waals surface area contributed by atoms with Crippen LogP contribution in [-0.2, 0) is 0 Å². The molecule has 108 valence electrons. The highest BCUT2D eigenvalue weighted by atomic mass is 16.3. The summed E-state index contributed by atoms with van der Waals surface area (Å²) in [4.78, 5) is 0. The molecule has 0 saturated heterocycles. The van der Waals surface area contributed by atoms with Crippen molar-refractivity contribution in [3.05, 3.63) is 0 Å². The Morgan fingerprint density at radius 1 is 1.06 bits per heavy atom. The van der Waals surface area contributed by atoms with Crippen LogP contribution in [0.2, 0.25) is 0 Å². The maximum atomic E-state index is 9.72. The highest BCUT2D eigenvalue weighted by Crippen LogP contribution is 2.35. The second kappa shape index (κ2) is 8.92. The lowest BCUT2D eigenvalue weighted by atomic mass is 9.74. The molecule has 0 aromatic heterocycles. The number of aliphatic hydroxyl groups is 1. The number of nitrogens with one attached hydrogen (secondary N) is 1. The first-order valence-corrected chi connectivity index (χ1v) is 8.10. The fraction of sp³-hybridized carbons (Fsp3) is 1.00. The first kappa shape index (κ1) is 16.0. The van der Waals surface area contributed by atoms with Gasteiger partial charge in [-0.3, -0.25) is 0 Å². The Morgan fingerprint density at radius 3 is 2.33 bits per heavy atom. The molecule has 0 spiro atoms. The van der Waals surface area contributed by atoms with E-state index in [1.807, 2.05) is 0 Å². The third-order valence-electron chi connectivity index (χ3n) is 4.56. The fourth-order valence-electron chi connectivity index (χ4n) is 3.20. The Balaban J connectivity index is 2.37. The van der Waals surface area contributed by atoms with Gasteiger partial charge in [-0.1, -0.05) is 52.4 Å². The van der Waals surface area contributed by atoms with Crippen molar-refractivity contribution in [1.82, 2.24) is 5.32 Å². The summed E-state index contributed by atoms with van der Waals surface area (Å²) >= 11 is 0. The van der Waals surface area contributed by atoms with Crippen molar-refractivity contribution in [3.8, 4) is 0 Å². The molecule has 0 bridgehead atoms. The summed E-state index contributed by atoms with van der Waals surface area (Å²) in [6, 6.07) is 0.667. The van der Waals surface area contributed by atoms with Crippen LogP contribution < -0.4 is 5.32 Å². The normalized spacial score (nSPS) is 20.8. The van der Waals surface area contributed by atoms with Gasteiger partial charge < -0.3 is 10.4 Å². The lowest BCUT2D eigenvalue weighted by molar-refractivity contribution is 0.0774. The monoisotopic (exact) mass is 255 g/mol. The van der Waals surface area contributed by atoms with Crippen molar-refractivity contribution in [1.29, 1.82) is 0 Å². The highest BCUT2D eigenvalue weighted by molar-refractivity contribution is 4.85. The van der Waals surface area contributed by atoms with Gasteiger partial charge in [-0.25, -0.2) is 0 Å². The molecule has 1 fully saturated rings. The Kier molecular flexibility index (Phi) is 7.92. The molecule has 0 radical (unpaired) electrons. The Hall–Kier alpha value is -0.0800. The van der Waals surface area contributed by atoms with Crippen LogP contribution in [0.3, 0.4) is 0 Å². The second-order valence-corrected chi connectivity index (χ2v) is 6.23. The Bertz CT molecular complexity index is 199. The maximum Gasteiger partial charge on any atom is 0.0499 e. The molecule has 1 aliphatic rings. The van der Waals surface area contributed by atoms with E-state index in [0.717, 1.165) is 6.54 Å². The lowest BCUT2D eigenvalue weighted by Crippen LogP contribution is -2.43. The lowest BCUT2D eigenvalue weighted by Gasteiger charge is -2.37. The van der Waals surface area contributed by atoms with E-state index in [0.29, 0.717) is 12.6 Å². The van der Waals surface area contributed by atoms with Crippen molar-refractivity contribution in [2.75, 3.05) is 13.2 Å². The minimum absolute atomic E-state index is 0.191. The number of hydrogen-bond donors (Lipinski definition) is 2. The molecule has 2 heteroatoms. The van der Waals surface area contributed by atoms with Crippen molar-refractivity contribution < 1.29 is 5.11 Å². The summed E-state index contributed by atoms with van der Waals surface area (Å²) in [5, 5.41) is 13.5. The molecule has 1 unspecified atom stereocenters. The molecule has 0 amide bonds. The average molecular weight is 255 g/mol. The number of unbranched alkanes of at least 4 members (excludes halogenated alkanes) is 1. The zero-order valence-corrected chi connectivity index (χ0v) is 12.5. The molecule has 1 atom stereocenters. The molecule has 1 aliphatic carbocycles. The standard InChI is InChI=1S/C16H33NO/c1-3-5-10-15(9-4-2)17-13-16(14-18)11-7-6-8-12-16/h15,17-18H,3-14H2,1-2H3. The maximum absolute atomic E-state index is 9.72. The molecule has 0 aliphatic heterocycles. The van der Waals surface area contributed by atoms with Crippen LogP contribution in [0.1, 0.15) is 78.1 Å². The Morgan fingerprint density at radius 2 is 1.78 bits per heavy atom. The summed E-state index contributed by atoms with van der Waals surface area (Å²) in [5.41, 5.74) is 0.191. The molecule has 0 aromatic rings. The van der Waals surface area contributed by atoms with Gasteiger partial charge in [0.1, 0.15) is 0 Å². The van der Waals surface area contributed by atoms with E-state index >= 15 is 0 Å². The minimum atomic E-state index is 0.191. The van der Waals surface area contributed by atoms with Crippen molar-refractivity contribution in [2.45, 2.75) is 84.1 Å². The van der Waals surface area contributed by atoms with Gasteiger partial charge in [-0.2, -0.15) is 0 Å². The summed E-state index contributed by atoms with van der Waals surface area (Å²) in [5.74, 6) is 0. The van der Waals surface area contributed by atoms with Crippen LogP contribution in [0.5, 0.6) is 0 Å². The van der Waals surface area contributed by atoms with Gasteiger partial charge in [-0.05, 0) is 25.7 Å². The SMILES string of the molecule is CCCCC(CCC)NCC1(CO)CCCCC1. The summed E-state index contributed by atoms with van der Waals surface area (Å²) in [6.45, 7) is 5.92. The molecule has 0 heterocycles. The van der Waals surface area contributed by atoms with Crippen LogP contribution in [0, 0.1) is 5.41 Å². The molecule has 0 aromatic carbocycles. The molecule has 1 saturated carbocycles. The number of aliphatic hydroxyl groups excluding tert-OH is 1.